The summed E-state index contributed by atoms with van der Waals surface area (Å²) in [4.78, 5) is 1.16. The van der Waals surface area contributed by atoms with Crippen molar-refractivity contribution in [3.63, 3.8) is 0 Å². The Morgan fingerprint density at radius 3 is 2.71 bits per heavy atom. The van der Waals surface area contributed by atoms with Gasteiger partial charge in [0.2, 0.25) is 0 Å². The smallest absolute Gasteiger partial charge is 0.0559 e. The molecule has 0 aromatic heterocycles. The van der Waals surface area contributed by atoms with E-state index in [2.05, 4.69) is 0 Å². The second-order valence-corrected chi connectivity index (χ2v) is 4.15. The number of benzene rings is 1. The summed E-state index contributed by atoms with van der Waals surface area (Å²) in [6.45, 7) is 0.803. The van der Waals surface area contributed by atoms with Gasteiger partial charge in [-0.15, -0.1) is 11.8 Å². The van der Waals surface area contributed by atoms with Crippen molar-refractivity contribution in [2.45, 2.75) is 11.3 Å². The van der Waals surface area contributed by atoms with E-state index in [9.17, 15) is 0 Å². The van der Waals surface area contributed by atoms with E-state index in [1.54, 1.807) is 18.9 Å². The molecule has 0 amide bonds. The lowest BCUT2D eigenvalue weighted by Crippen LogP contribution is -1.94. The number of rotatable bonds is 5. The van der Waals surface area contributed by atoms with Crippen LogP contribution in [0.2, 0.25) is 0 Å². The maximum absolute atomic E-state index is 5.69. The summed E-state index contributed by atoms with van der Waals surface area (Å²) in [5.41, 5.74) is 12.6. The summed E-state index contributed by atoms with van der Waals surface area (Å²) in [5, 5.41) is 0. The highest BCUT2D eigenvalue weighted by molar-refractivity contribution is 7.99. The molecular weight excluding hydrogens is 196 g/mol. The van der Waals surface area contributed by atoms with E-state index in [-0.39, 0.29) is 0 Å². The summed E-state index contributed by atoms with van der Waals surface area (Å²) >= 11 is 1.77. The fourth-order valence-electron chi connectivity index (χ4n) is 1.04. The highest BCUT2D eigenvalue weighted by Gasteiger charge is 1.97. The van der Waals surface area contributed by atoms with Crippen LogP contribution in [0.4, 0.5) is 11.4 Å². The number of nitrogen functional groups attached to an aromatic ring is 2. The fourth-order valence-corrected chi connectivity index (χ4v) is 1.91. The van der Waals surface area contributed by atoms with E-state index in [0.29, 0.717) is 11.4 Å². The molecule has 0 unspecified atom stereocenters. The summed E-state index contributed by atoms with van der Waals surface area (Å²) in [6.07, 6.45) is 1.05. The van der Waals surface area contributed by atoms with Gasteiger partial charge in [-0.3, -0.25) is 0 Å². The number of anilines is 2. The van der Waals surface area contributed by atoms with Gasteiger partial charge in [0.05, 0.1) is 11.4 Å². The minimum absolute atomic E-state index is 0.645. The van der Waals surface area contributed by atoms with Crippen LogP contribution < -0.4 is 11.5 Å². The first-order chi connectivity index (χ1) is 6.74. The molecule has 0 aliphatic heterocycles. The Balaban J connectivity index is 2.39. The molecule has 0 atom stereocenters. The van der Waals surface area contributed by atoms with Crippen LogP contribution in [0.15, 0.2) is 23.1 Å². The zero-order chi connectivity index (χ0) is 10.4. The van der Waals surface area contributed by atoms with Crippen LogP contribution in [-0.2, 0) is 4.74 Å². The van der Waals surface area contributed by atoms with Crippen LogP contribution in [-0.4, -0.2) is 19.5 Å². The molecule has 3 nitrogen and oxygen atoms in total. The van der Waals surface area contributed by atoms with Gasteiger partial charge in [-0.1, -0.05) is 0 Å². The Morgan fingerprint density at radius 2 is 2.07 bits per heavy atom. The van der Waals surface area contributed by atoms with Gasteiger partial charge in [0.1, 0.15) is 0 Å². The molecule has 14 heavy (non-hydrogen) atoms. The molecule has 1 aromatic rings. The summed E-state index contributed by atoms with van der Waals surface area (Å²) in [6, 6.07) is 5.74. The third kappa shape index (κ3) is 3.47. The molecule has 0 aliphatic carbocycles. The first kappa shape index (κ1) is 11.2. The number of hydrogen-bond acceptors (Lipinski definition) is 4. The van der Waals surface area contributed by atoms with Crippen molar-refractivity contribution < 1.29 is 4.74 Å². The lowest BCUT2D eigenvalue weighted by Gasteiger charge is -2.04. The van der Waals surface area contributed by atoms with Crippen LogP contribution in [0, 0.1) is 0 Å². The Morgan fingerprint density at radius 1 is 1.29 bits per heavy atom. The van der Waals surface area contributed by atoms with Crippen molar-refractivity contribution in [2.75, 3.05) is 30.9 Å². The molecule has 0 fully saturated rings. The van der Waals surface area contributed by atoms with Crippen LogP contribution in [0.25, 0.3) is 0 Å². The number of ether oxygens (including phenoxy) is 1. The van der Waals surface area contributed by atoms with E-state index < -0.39 is 0 Å². The number of thioether (sulfide) groups is 1. The minimum Gasteiger partial charge on any atom is -0.397 e. The molecule has 0 radical (unpaired) electrons. The molecule has 78 valence electrons. The van der Waals surface area contributed by atoms with Gasteiger partial charge in [0.25, 0.3) is 0 Å². The number of hydrogen-bond donors (Lipinski definition) is 2. The monoisotopic (exact) mass is 212 g/mol. The quantitative estimate of drug-likeness (QED) is 0.445. The van der Waals surface area contributed by atoms with Gasteiger partial charge in [-0.2, -0.15) is 0 Å². The van der Waals surface area contributed by atoms with Crippen LogP contribution in [0.1, 0.15) is 6.42 Å². The lowest BCUT2D eigenvalue weighted by atomic mass is 10.3. The van der Waals surface area contributed by atoms with Gasteiger partial charge in [-0.05, 0) is 24.6 Å². The minimum atomic E-state index is 0.645. The maximum atomic E-state index is 5.69. The van der Waals surface area contributed by atoms with Crippen LogP contribution >= 0.6 is 11.8 Å². The predicted molar refractivity (Wildman–Crippen MR) is 62.5 cm³/mol. The number of nitrogens with two attached hydrogens (primary N) is 2. The van der Waals surface area contributed by atoms with Gasteiger partial charge >= 0.3 is 0 Å². The molecule has 0 bridgehead atoms. The molecule has 1 aromatic carbocycles. The van der Waals surface area contributed by atoms with Gasteiger partial charge in [0, 0.05) is 24.4 Å². The SMILES string of the molecule is COCCCSc1ccc(N)c(N)c1. The van der Waals surface area contributed by atoms with E-state index >= 15 is 0 Å². The fraction of sp³-hybridized carbons (Fsp3) is 0.400. The standard InChI is InChI=1S/C10H16N2OS/c1-13-5-2-6-14-8-3-4-9(11)10(12)7-8/h3-4,7H,2,5-6,11-12H2,1H3. The second-order valence-electron chi connectivity index (χ2n) is 2.99. The average Bonchev–Trinajstić information content (AvgIpc) is 2.18. The average molecular weight is 212 g/mol. The first-order valence-electron chi connectivity index (χ1n) is 4.51. The largest absolute Gasteiger partial charge is 0.397 e. The van der Waals surface area contributed by atoms with E-state index in [0.717, 1.165) is 23.7 Å². The van der Waals surface area contributed by atoms with Gasteiger partial charge in [0.15, 0.2) is 0 Å². The van der Waals surface area contributed by atoms with E-state index in [4.69, 9.17) is 16.2 Å². The zero-order valence-electron chi connectivity index (χ0n) is 8.32. The second kappa shape index (κ2) is 5.78. The molecular formula is C10H16N2OS. The zero-order valence-corrected chi connectivity index (χ0v) is 9.14. The molecule has 4 heteroatoms. The lowest BCUT2D eigenvalue weighted by molar-refractivity contribution is 0.200. The van der Waals surface area contributed by atoms with Crippen molar-refractivity contribution >= 4 is 23.1 Å². The third-order valence-electron chi connectivity index (χ3n) is 1.82. The normalized spacial score (nSPS) is 10.4. The Bertz CT molecular complexity index is 291. The van der Waals surface area contributed by atoms with Crippen molar-refractivity contribution in [1.82, 2.24) is 0 Å². The Labute approximate surface area is 88.8 Å². The molecule has 1 rings (SSSR count). The molecule has 0 spiro atoms. The third-order valence-corrected chi connectivity index (χ3v) is 2.90. The Kier molecular flexibility index (Phi) is 4.62. The van der Waals surface area contributed by atoms with Crippen LogP contribution in [0.3, 0.4) is 0 Å². The molecule has 0 saturated carbocycles. The van der Waals surface area contributed by atoms with Gasteiger partial charge in [-0.25, -0.2) is 0 Å². The maximum Gasteiger partial charge on any atom is 0.0559 e. The molecule has 0 saturated heterocycles. The first-order valence-corrected chi connectivity index (χ1v) is 5.49. The Hall–Kier alpha value is -0.870. The summed E-state index contributed by atoms with van der Waals surface area (Å²) in [7, 11) is 1.71. The number of methoxy groups -OCH3 is 1. The highest BCUT2D eigenvalue weighted by Crippen LogP contribution is 2.24. The summed E-state index contributed by atoms with van der Waals surface area (Å²) < 4.78 is 4.96. The van der Waals surface area contributed by atoms with Crippen molar-refractivity contribution in [3.8, 4) is 0 Å². The van der Waals surface area contributed by atoms with E-state index in [1.807, 2.05) is 18.2 Å². The van der Waals surface area contributed by atoms with Crippen molar-refractivity contribution in [3.05, 3.63) is 18.2 Å². The topological polar surface area (TPSA) is 61.3 Å². The van der Waals surface area contributed by atoms with Crippen molar-refractivity contribution in [2.24, 2.45) is 0 Å². The molecule has 0 heterocycles. The molecule has 0 aliphatic rings. The molecule has 4 N–H and O–H groups in total. The summed E-state index contributed by atoms with van der Waals surface area (Å²) in [5.74, 6) is 1.04. The highest BCUT2D eigenvalue weighted by atomic mass is 32.2. The predicted octanol–water partition coefficient (Wildman–Crippen LogP) is 1.98. The van der Waals surface area contributed by atoms with Gasteiger partial charge < -0.3 is 16.2 Å². The van der Waals surface area contributed by atoms with Crippen LogP contribution in [0.5, 0.6) is 0 Å². The van der Waals surface area contributed by atoms with E-state index in [1.165, 1.54) is 0 Å². The van der Waals surface area contributed by atoms with Crippen molar-refractivity contribution in [1.29, 1.82) is 0 Å².